The van der Waals surface area contributed by atoms with Crippen LogP contribution in [0.5, 0.6) is 0 Å². The second-order valence-corrected chi connectivity index (χ2v) is 8.07. The molecule has 0 spiro atoms. The molecule has 0 N–H and O–H groups in total. The van der Waals surface area contributed by atoms with Gasteiger partial charge in [0.2, 0.25) is 0 Å². The van der Waals surface area contributed by atoms with E-state index in [1.807, 2.05) is 53.7 Å². The van der Waals surface area contributed by atoms with Crippen molar-refractivity contribution in [1.82, 2.24) is 0 Å². The average molecular weight is 406 g/mol. The van der Waals surface area contributed by atoms with Gasteiger partial charge in [-0.25, -0.2) is 12.2 Å². The van der Waals surface area contributed by atoms with E-state index < -0.39 is 0 Å². The monoisotopic (exact) mass is 405 g/mol. The molecule has 1 aliphatic rings. The summed E-state index contributed by atoms with van der Waals surface area (Å²) in [5.41, 5.74) is 0. The van der Waals surface area contributed by atoms with Crippen molar-refractivity contribution in [3.05, 3.63) is 40.3 Å². The van der Waals surface area contributed by atoms with E-state index in [0.717, 1.165) is 45.7 Å². The summed E-state index contributed by atoms with van der Waals surface area (Å²) < 4.78 is 0. The van der Waals surface area contributed by atoms with Crippen LogP contribution in [0.4, 0.5) is 0 Å². The number of hydrogen-bond donors (Lipinski definition) is 0. The van der Waals surface area contributed by atoms with Crippen LogP contribution in [0.1, 0.15) is 48.0 Å². The molecule has 0 amide bonds. The van der Waals surface area contributed by atoms with Crippen LogP contribution in [-0.4, -0.2) is 48.1 Å². The Kier molecular flexibility index (Phi) is 63.6. The van der Waals surface area contributed by atoms with Gasteiger partial charge in [-0.15, -0.1) is 6.42 Å². The van der Waals surface area contributed by atoms with E-state index in [-0.39, 0.29) is 27.4 Å². The maximum atomic E-state index is 3.97. The molecular formula is C20H44N3SiV. The second-order valence-electron chi connectivity index (χ2n) is 5.07. The van der Waals surface area contributed by atoms with E-state index in [9.17, 15) is 0 Å². The molecule has 1 rings (SSSR count). The van der Waals surface area contributed by atoms with Crippen LogP contribution < -0.4 is 0 Å². The first-order valence-corrected chi connectivity index (χ1v) is 12.4. The SMILES string of the molecule is CC[N-]CC.CC[N-]CC.CC[N-]CC.C[Si](C)C.[C-]1=CC=CC1.[V+4]. The molecule has 0 aliphatic heterocycles. The van der Waals surface area contributed by atoms with Crippen LogP contribution in [0, 0.1) is 6.08 Å². The Balaban J connectivity index is -0.0000000662. The fourth-order valence-electron chi connectivity index (χ4n) is 1.01. The fourth-order valence-corrected chi connectivity index (χ4v) is 1.01. The molecule has 2 radical (unpaired) electrons. The van der Waals surface area contributed by atoms with Crippen molar-refractivity contribution in [2.24, 2.45) is 0 Å². The van der Waals surface area contributed by atoms with E-state index in [2.05, 4.69) is 47.7 Å². The summed E-state index contributed by atoms with van der Waals surface area (Å²) in [5.74, 6) is 0. The van der Waals surface area contributed by atoms with Crippen molar-refractivity contribution < 1.29 is 18.6 Å². The predicted octanol–water partition coefficient (Wildman–Crippen LogP) is 6.87. The third-order valence-electron chi connectivity index (χ3n) is 1.93. The van der Waals surface area contributed by atoms with Gasteiger partial charge in [0.25, 0.3) is 0 Å². The maximum Gasteiger partial charge on any atom is 4.00 e. The predicted molar refractivity (Wildman–Crippen MR) is 118 cm³/mol. The molecule has 148 valence electrons. The number of rotatable bonds is 6. The van der Waals surface area contributed by atoms with Gasteiger partial charge in [0, 0.05) is 8.80 Å². The second kappa shape index (κ2) is 44.0. The zero-order valence-electron chi connectivity index (χ0n) is 18.5. The van der Waals surface area contributed by atoms with Gasteiger partial charge in [-0.3, -0.25) is 6.08 Å². The van der Waals surface area contributed by atoms with Gasteiger partial charge < -0.3 is 16.0 Å². The standard InChI is InChI=1S/C5H5.3C4H10N.C3H9Si.V/c1-2-4-5-3-1;3*1-3-5-4-2;1-4(2)3;/h1-3H,4H2;3*3-4H2,1-2H3;1-3H3;/q4*-1;;+4. The molecule has 0 unspecified atom stereocenters. The van der Waals surface area contributed by atoms with Gasteiger partial charge in [0.1, 0.15) is 0 Å². The minimum absolute atomic E-state index is 0. The van der Waals surface area contributed by atoms with Gasteiger partial charge in [0.15, 0.2) is 0 Å². The largest absolute Gasteiger partial charge is 4.00 e. The summed E-state index contributed by atoms with van der Waals surface area (Å²) >= 11 is 0. The van der Waals surface area contributed by atoms with Crippen molar-refractivity contribution >= 4 is 8.80 Å². The van der Waals surface area contributed by atoms with Gasteiger partial charge >= 0.3 is 18.6 Å². The third-order valence-corrected chi connectivity index (χ3v) is 1.93. The normalized spacial score (nSPS) is 10.0. The van der Waals surface area contributed by atoms with Crippen molar-refractivity contribution in [2.45, 2.75) is 67.6 Å². The summed E-state index contributed by atoms with van der Waals surface area (Å²) in [5, 5.41) is 11.9. The number of hydrogen-bond acceptors (Lipinski definition) is 0. The first-order valence-electron chi connectivity index (χ1n) is 9.36. The first-order chi connectivity index (χ1) is 11.5. The van der Waals surface area contributed by atoms with Crippen molar-refractivity contribution in [3.8, 4) is 0 Å². The van der Waals surface area contributed by atoms with Crippen molar-refractivity contribution in [2.75, 3.05) is 39.3 Å². The van der Waals surface area contributed by atoms with Crippen LogP contribution in [0.2, 0.25) is 19.6 Å². The van der Waals surface area contributed by atoms with Crippen LogP contribution in [0.15, 0.2) is 18.2 Å². The molecule has 3 nitrogen and oxygen atoms in total. The third kappa shape index (κ3) is 95.3. The van der Waals surface area contributed by atoms with Crippen LogP contribution in [0.25, 0.3) is 16.0 Å². The summed E-state index contributed by atoms with van der Waals surface area (Å²) in [4.78, 5) is 0. The van der Waals surface area contributed by atoms with E-state index in [1.54, 1.807) is 0 Å². The number of nitrogens with zero attached hydrogens (tertiary/aromatic N) is 3. The Bertz CT molecular complexity index is 190. The molecule has 1 aliphatic carbocycles. The maximum absolute atomic E-state index is 3.97. The minimum Gasteiger partial charge on any atom is -0.663 e. The molecular weight excluding hydrogens is 361 g/mol. The van der Waals surface area contributed by atoms with Gasteiger partial charge in [-0.05, 0) is 0 Å². The smallest absolute Gasteiger partial charge is 0.663 e. The summed E-state index contributed by atoms with van der Waals surface area (Å²) in [7, 11) is 0.120. The molecule has 5 heteroatoms. The molecule has 0 heterocycles. The number of allylic oxidation sites excluding steroid dienone is 4. The quantitative estimate of drug-likeness (QED) is 0.342. The average Bonchev–Trinajstić information content (AvgIpc) is 3.10. The van der Waals surface area contributed by atoms with Crippen LogP contribution in [0.3, 0.4) is 0 Å². The Morgan fingerprint density at radius 3 is 1.04 bits per heavy atom. The molecule has 0 saturated heterocycles. The zero-order chi connectivity index (χ0) is 19.5. The fraction of sp³-hybridized carbons (Fsp3) is 0.800. The van der Waals surface area contributed by atoms with E-state index in [4.69, 9.17) is 0 Å². The van der Waals surface area contributed by atoms with Crippen LogP contribution >= 0.6 is 0 Å². The molecule has 0 bridgehead atoms. The van der Waals surface area contributed by atoms with Crippen LogP contribution in [-0.2, 0) is 18.6 Å². The molecule has 0 aromatic carbocycles. The molecule has 0 atom stereocenters. The molecule has 25 heavy (non-hydrogen) atoms. The molecule has 0 aromatic rings. The summed E-state index contributed by atoms with van der Waals surface area (Å²) in [6.45, 7) is 24.9. The topological polar surface area (TPSA) is 42.3 Å². The van der Waals surface area contributed by atoms with Crippen molar-refractivity contribution in [3.63, 3.8) is 0 Å². The Labute approximate surface area is 174 Å². The molecule has 0 aromatic heterocycles. The van der Waals surface area contributed by atoms with Crippen molar-refractivity contribution in [1.29, 1.82) is 0 Å². The van der Waals surface area contributed by atoms with Gasteiger partial charge in [0.05, 0.1) is 0 Å². The van der Waals surface area contributed by atoms with Gasteiger partial charge in [-0.1, -0.05) is 61.2 Å². The van der Waals surface area contributed by atoms with E-state index in [1.165, 1.54) is 0 Å². The first kappa shape index (κ1) is 36.1. The summed E-state index contributed by atoms with van der Waals surface area (Å²) in [6, 6.07) is 0. The van der Waals surface area contributed by atoms with E-state index in [0.29, 0.717) is 0 Å². The summed E-state index contributed by atoms with van der Waals surface area (Å²) in [6.07, 6.45) is 10.0. The molecule has 0 fully saturated rings. The molecule has 0 saturated carbocycles. The Morgan fingerprint density at radius 1 is 0.720 bits per heavy atom. The Morgan fingerprint density at radius 2 is 1.00 bits per heavy atom. The minimum atomic E-state index is 0. The van der Waals surface area contributed by atoms with E-state index >= 15 is 0 Å². The van der Waals surface area contributed by atoms with Gasteiger partial charge in [-0.2, -0.15) is 45.3 Å². The Hall–Kier alpha value is 0.161. The zero-order valence-corrected chi connectivity index (χ0v) is 20.9.